The topological polar surface area (TPSA) is 73.1 Å². The molecule has 1 fully saturated rings. The minimum absolute atomic E-state index is 0.322. The van der Waals surface area contributed by atoms with Crippen molar-refractivity contribution < 1.29 is 4.74 Å². The largest absolute Gasteiger partial charge is 0.377 e. The molecule has 0 spiro atoms. The molecule has 1 aliphatic heterocycles. The summed E-state index contributed by atoms with van der Waals surface area (Å²) in [7, 11) is 0. The number of anilines is 1. The van der Waals surface area contributed by atoms with Gasteiger partial charge < -0.3 is 10.2 Å². The summed E-state index contributed by atoms with van der Waals surface area (Å²) in [5, 5.41) is 3.53. The molecule has 1 aliphatic rings. The molecule has 19 heavy (non-hydrogen) atoms. The van der Waals surface area contributed by atoms with E-state index in [1.807, 2.05) is 23.2 Å². The summed E-state index contributed by atoms with van der Waals surface area (Å²) in [5.74, 6) is 7.85. The lowest BCUT2D eigenvalue weighted by molar-refractivity contribution is 0.127. The van der Waals surface area contributed by atoms with E-state index in [0.717, 1.165) is 34.8 Å². The zero-order valence-electron chi connectivity index (χ0n) is 10.6. The van der Waals surface area contributed by atoms with Crippen molar-refractivity contribution in [3.05, 3.63) is 17.3 Å². The van der Waals surface area contributed by atoms with Gasteiger partial charge in [-0.1, -0.05) is 0 Å². The molecular weight excluding hydrogens is 280 g/mol. The summed E-state index contributed by atoms with van der Waals surface area (Å²) >= 11 is 3.47. The highest BCUT2D eigenvalue weighted by molar-refractivity contribution is 7.99. The number of thioether (sulfide) groups is 1. The van der Waals surface area contributed by atoms with Gasteiger partial charge in [-0.05, 0) is 24.8 Å². The molecule has 3 heterocycles. The molecule has 0 saturated carbocycles. The van der Waals surface area contributed by atoms with Gasteiger partial charge in [-0.15, -0.1) is 23.1 Å². The van der Waals surface area contributed by atoms with E-state index >= 15 is 0 Å². The van der Waals surface area contributed by atoms with Crippen LogP contribution in [-0.2, 0) is 10.5 Å². The number of nitrogens with one attached hydrogen (secondary N) is 1. The number of hydrazine groups is 1. The molecule has 5 nitrogen and oxygen atoms in total. The fourth-order valence-electron chi connectivity index (χ4n) is 2.19. The van der Waals surface area contributed by atoms with E-state index in [9.17, 15) is 0 Å². The Kier molecular flexibility index (Phi) is 3.88. The second kappa shape index (κ2) is 5.62. The van der Waals surface area contributed by atoms with Crippen molar-refractivity contribution in [1.82, 2.24) is 9.97 Å². The number of nitrogens with two attached hydrogens (primary N) is 1. The highest BCUT2D eigenvalue weighted by Crippen LogP contribution is 2.30. The van der Waals surface area contributed by atoms with Crippen LogP contribution in [0.2, 0.25) is 0 Å². The fraction of sp³-hybridized carbons (Fsp3) is 0.500. The van der Waals surface area contributed by atoms with Crippen LogP contribution in [0.1, 0.15) is 19.2 Å². The van der Waals surface area contributed by atoms with Crippen LogP contribution in [0, 0.1) is 0 Å². The number of hydrogen-bond donors (Lipinski definition) is 2. The first-order valence-corrected chi connectivity index (χ1v) is 8.14. The molecule has 102 valence electrons. The SMILES string of the molecule is CC1OCCC1SCc1nc(NN)c2ccsc2n1. The minimum Gasteiger partial charge on any atom is -0.377 e. The van der Waals surface area contributed by atoms with Gasteiger partial charge in [0.05, 0.1) is 17.2 Å². The maximum atomic E-state index is 5.56. The normalized spacial score (nSPS) is 23.1. The molecule has 0 amide bonds. The van der Waals surface area contributed by atoms with Crippen molar-refractivity contribution in [1.29, 1.82) is 0 Å². The van der Waals surface area contributed by atoms with Crippen LogP contribution < -0.4 is 11.3 Å². The smallest absolute Gasteiger partial charge is 0.152 e. The van der Waals surface area contributed by atoms with Gasteiger partial charge in [-0.2, -0.15) is 0 Å². The van der Waals surface area contributed by atoms with Crippen LogP contribution in [0.5, 0.6) is 0 Å². The number of aromatic nitrogens is 2. The van der Waals surface area contributed by atoms with E-state index < -0.39 is 0 Å². The Morgan fingerprint density at radius 2 is 2.47 bits per heavy atom. The molecule has 0 bridgehead atoms. The van der Waals surface area contributed by atoms with Gasteiger partial charge in [-0.25, -0.2) is 15.8 Å². The van der Waals surface area contributed by atoms with E-state index in [2.05, 4.69) is 22.3 Å². The van der Waals surface area contributed by atoms with Crippen molar-refractivity contribution in [2.75, 3.05) is 12.0 Å². The molecule has 2 atom stereocenters. The Morgan fingerprint density at radius 3 is 3.21 bits per heavy atom. The lowest BCUT2D eigenvalue weighted by atomic mass is 10.3. The van der Waals surface area contributed by atoms with E-state index in [1.54, 1.807) is 11.3 Å². The predicted octanol–water partition coefficient (Wildman–Crippen LogP) is 2.39. The second-order valence-electron chi connectivity index (χ2n) is 4.49. The minimum atomic E-state index is 0.322. The summed E-state index contributed by atoms with van der Waals surface area (Å²) in [5.41, 5.74) is 2.65. The average Bonchev–Trinajstić information content (AvgIpc) is 3.04. The van der Waals surface area contributed by atoms with Crippen molar-refractivity contribution in [3.8, 4) is 0 Å². The second-order valence-corrected chi connectivity index (χ2v) is 6.61. The van der Waals surface area contributed by atoms with Gasteiger partial charge >= 0.3 is 0 Å². The van der Waals surface area contributed by atoms with Gasteiger partial charge in [0.1, 0.15) is 10.7 Å². The van der Waals surface area contributed by atoms with E-state index in [1.165, 1.54) is 0 Å². The monoisotopic (exact) mass is 296 g/mol. The molecule has 3 rings (SSSR count). The molecule has 0 aromatic carbocycles. The number of fused-ring (bicyclic) bond motifs is 1. The number of thiophene rings is 1. The Morgan fingerprint density at radius 1 is 1.58 bits per heavy atom. The van der Waals surface area contributed by atoms with Crippen molar-refractivity contribution in [3.63, 3.8) is 0 Å². The summed E-state index contributed by atoms with van der Waals surface area (Å²) in [4.78, 5) is 10.0. The van der Waals surface area contributed by atoms with Crippen LogP contribution in [0.15, 0.2) is 11.4 Å². The number of hydrogen-bond acceptors (Lipinski definition) is 7. The lowest BCUT2D eigenvalue weighted by Gasteiger charge is -2.13. The standard InChI is InChI=1S/C12H16N4OS2/c1-7-9(2-4-17-7)19-6-10-14-11(16-13)8-3-5-18-12(8)15-10/h3,5,7,9H,2,4,6,13H2,1H3,(H,14,15,16). The number of ether oxygens (including phenoxy) is 1. The zero-order chi connectivity index (χ0) is 13.2. The summed E-state index contributed by atoms with van der Waals surface area (Å²) in [6.07, 6.45) is 1.43. The maximum absolute atomic E-state index is 5.56. The molecular formula is C12H16N4OS2. The first-order valence-electron chi connectivity index (χ1n) is 6.22. The van der Waals surface area contributed by atoms with E-state index in [-0.39, 0.29) is 0 Å². The first kappa shape index (κ1) is 13.1. The molecule has 3 N–H and O–H groups in total. The van der Waals surface area contributed by atoms with E-state index in [0.29, 0.717) is 17.2 Å². The molecule has 2 aromatic heterocycles. The van der Waals surface area contributed by atoms with Gasteiger partial charge in [0.2, 0.25) is 0 Å². The summed E-state index contributed by atoms with van der Waals surface area (Å²) in [6, 6.07) is 1.99. The molecule has 1 saturated heterocycles. The van der Waals surface area contributed by atoms with Gasteiger partial charge in [0.15, 0.2) is 5.82 Å². The molecule has 2 aromatic rings. The Balaban J connectivity index is 1.77. The highest BCUT2D eigenvalue weighted by Gasteiger charge is 2.24. The van der Waals surface area contributed by atoms with Crippen molar-refractivity contribution in [2.24, 2.45) is 5.84 Å². The molecule has 0 aliphatic carbocycles. The number of nitrogens with zero attached hydrogens (tertiary/aromatic N) is 2. The maximum Gasteiger partial charge on any atom is 0.152 e. The Labute approximate surface area is 119 Å². The lowest BCUT2D eigenvalue weighted by Crippen LogP contribution is -2.14. The van der Waals surface area contributed by atoms with Crippen LogP contribution in [0.3, 0.4) is 0 Å². The Bertz CT molecular complexity index is 574. The summed E-state index contributed by atoms with van der Waals surface area (Å²) in [6.45, 7) is 2.99. The third-order valence-corrected chi connectivity index (χ3v) is 5.52. The van der Waals surface area contributed by atoms with Crippen LogP contribution in [0.25, 0.3) is 10.2 Å². The molecule has 2 unspecified atom stereocenters. The number of rotatable bonds is 4. The van der Waals surface area contributed by atoms with E-state index in [4.69, 9.17) is 10.6 Å². The van der Waals surface area contributed by atoms with Crippen LogP contribution >= 0.6 is 23.1 Å². The predicted molar refractivity (Wildman–Crippen MR) is 80.3 cm³/mol. The Hall–Kier alpha value is -0.890. The quantitative estimate of drug-likeness (QED) is 0.666. The molecule has 0 radical (unpaired) electrons. The average molecular weight is 296 g/mol. The fourth-order valence-corrected chi connectivity index (χ4v) is 4.07. The van der Waals surface area contributed by atoms with Gasteiger partial charge in [0.25, 0.3) is 0 Å². The first-order chi connectivity index (χ1) is 9.28. The van der Waals surface area contributed by atoms with Crippen LogP contribution in [0.4, 0.5) is 5.82 Å². The zero-order valence-corrected chi connectivity index (χ0v) is 12.3. The van der Waals surface area contributed by atoms with Crippen molar-refractivity contribution in [2.45, 2.75) is 30.5 Å². The highest BCUT2D eigenvalue weighted by atomic mass is 32.2. The van der Waals surface area contributed by atoms with Crippen LogP contribution in [-0.4, -0.2) is 27.9 Å². The number of nitrogen functional groups attached to an aromatic ring is 1. The van der Waals surface area contributed by atoms with Crippen molar-refractivity contribution >= 4 is 39.1 Å². The van der Waals surface area contributed by atoms with Gasteiger partial charge in [0, 0.05) is 11.9 Å². The third-order valence-electron chi connectivity index (χ3n) is 3.24. The van der Waals surface area contributed by atoms with Gasteiger partial charge in [-0.3, -0.25) is 0 Å². The third kappa shape index (κ3) is 2.69. The molecule has 7 heteroatoms. The summed E-state index contributed by atoms with van der Waals surface area (Å²) < 4.78 is 5.56.